The van der Waals surface area contributed by atoms with Crippen molar-refractivity contribution in [2.45, 2.75) is 19.4 Å². The minimum absolute atomic E-state index is 0.00243. The molecule has 0 saturated carbocycles. The van der Waals surface area contributed by atoms with Crippen LogP contribution in [-0.2, 0) is 35.1 Å². The number of carbonyl (C=O) groups excluding carboxylic acids is 4. The molecule has 2 aromatic carbocycles. The van der Waals surface area contributed by atoms with Crippen molar-refractivity contribution in [1.29, 1.82) is 0 Å². The highest BCUT2D eigenvalue weighted by Gasteiger charge is 2.41. The first-order valence-corrected chi connectivity index (χ1v) is 9.00. The van der Waals surface area contributed by atoms with E-state index in [1.165, 1.54) is 6.92 Å². The third-order valence-corrected chi connectivity index (χ3v) is 4.76. The van der Waals surface area contributed by atoms with Gasteiger partial charge in [0.1, 0.15) is 6.04 Å². The fraction of sp³-hybridized carbons (Fsp3) is 0.333. The van der Waals surface area contributed by atoms with Crippen molar-refractivity contribution in [3.63, 3.8) is 0 Å². The molecule has 8 nitrogen and oxygen atoms in total. The van der Waals surface area contributed by atoms with Gasteiger partial charge in [-0.05, 0) is 16.3 Å². The van der Waals surface area contributed by atoms with Crippen LogP contribution in [-0.4, -0.2) is 44.0 Å². The highest BCUT2D eigenvalue weighted by Crippen LogP contribution is 2.20. The van der Waals surface area contributed by atoms with Gasteiger partial charge >= 0.3 is 11.9 Å². The minimum Gasteiger partial charge on any atom is -0.468 e. The Kier molecular flexibility index (Phi) is 7.30. The van der Waals surface area contributed by atoms with Gasteiger partial charge in [0.05, 0.1) is 20.6 Å². The van der Waals surface area contributed by atoms with Crippen molar-refractivity contribution in [3.05, 3.63) is 48.0 Å². The Morgan fingerprint density at radius 3 is 2.10 bits per heavy atom. The average molecular weight is 400 g/mol. The smallest absolute Gasteiger partial charge is 0.320 e. The summed E-state index contributed by atoms with van der Waals surface area (Å²) in [5.41, 5.74) is 6.16. The number of nitrogens with one attached hydrogen (secondary N) is 1. The standard InChI is InChI=1S/C21H24N2O6/c1-12(17(20(26)28-2)21(27)29-3)18(19(22)25)23-16(24)11-13-8-9-14-6-4-5-7-15(14)10-13/h4-10,12,17-18H,11H2,1-3H3,(H2,22,25)(H,23,24)/t12-,18+/m0/s1. The lowest BCUT2D eigenvalue weighted by atomic mass is 9.86. The lowest BCUT2D eigenvalue weighted by Gasteiger charge is -2.26. The van der Waals surface area contributed by atoms with Crippen molar-refractivity contribution >= 4 is 34.5 Å². The lowest BCUT2D eigenvalue weighted by molar-refractivity contribution is -0.162. The highest BCUT2D eigenvalue weighted by atomic mass is 16.5. The topological polar surface area (TPSA) is 125 Å². The van der Waals surface area contributed by atoms with Gasteiger partial charge in [-0.25, -0.2) is 0 Å². The van der Waals surface area contributed by atoms with E-state index in [-0.39, 0.29) is 6.42 Å². The van der Waals surface area contributed by atoms with Gasteiger partial charge in [-0.3, -0.25) is 19.2 Å². The van der Waals surface area contributed by atoms with Crippen LogP contribution in [0, 0.1) is 11.8 Å². The van der Waals surface area contributed by atoms with Gasteiger partial charge in [-0.15, -0.1) is 0 Å². The first-order chi connectivity index (χ1) is 13.8. The zero-order chi connectivity index (χ0) is 21.6. The number of ether oxygens (including phenoxy) is 2. The van der Waals surface area contributed by atoms with Gasteiger partial charge in [0.15, 0.2) is 5.92 Å². The molecule has 2 amide bonds. The van der Waals surface area contributed by atoms with Gasteiger partial charge < -0.3 is 20.5 Å². The van der Waals surface area contributed by atoms with E-state index in [0.717, 1.165) is 30.6 Å². The molecule has 0 aliphatic heterocycles. The highest BCUT2D eigenvalue weighted by molar-refractivity contribution is 5.97. The van der Waals surface area contributed by atoms with E-state index < -0.39 is 41.6 Å². The molecule has 2 atom stereocenters. The van der Waals surface area contributed by atoms with Crippen LogP contribution in [0.4, 0.5) is 0 Å². The second kappa shape index (κ2) is 9.68. The predicted octanol–water partition coefficient (Wildman–Crippen LogP) is 0.951. The number of fused-ring (bicyclic) bond motifs is 1. The number of amides is 2. The Labute approximate surface area is 168 Å². The number of hydrogen-bond donors (Lipinski definition) is 2. The summed E-state index contributed by atoms with van der Waals surface area (Å²) in [6.07, 6.45) is 0.00243. The Morgan fingerprint density at radius 2 is 1.55 bits per heavy atom. The molecule has 2 aromatic rings. The molecule has 0 fully saturated rings. The molecule has 2 rings (SSSR count). The van der Waals surface area contributed by atoms with E-state index in [2.05, 4.69) is 14.8 Å². The number of nitrogens with two attached hydrogens (primary N) is 1. The second-order valence-corrected chi connectivity index (χ2v) is 6.69. The molecule has 0 saturated heterocycles. The van der Waals surface area contributed by atoms with E-state index >= 15 is 0 Å². The zero-order valence-electron chi connectivity index (χ0n) is 16.5. The van der Waals surface area contributed by atoms with Crippen LogP contribution in [0.1, 0.15) is 12.5 Å². The quantitative estimate of drug-likeness (QED) is 0.502. The largest absolute Gasteiger partial charge is 0.468 e. The van der Waals surface area contributed by atoms with Crippen LogP contribution in [0.5, 0.6) is 0 Å². The molecule has 0 spiro atoms. The van der Waals surface area contributed by atoms with Crippen LogP contribution in [0.3, 0.4) is 0 Å². The number of hydrogen-bond acceptors (Lipinski definition) is 6. The summed E-state index contributed by atoms with van der Waals surface area (Å²) in [5.74, 6) is -5.46. The van der Waals surface area contributed by atoms with Crippen LogP contribution >= 0.6 is 0 Å². The Morgan fingerprint density at radius 1 is 0.966 bits per heavy atom. The SMILES string of the molecule is COC(=O)C(C(=O)OC)[C@H](C)[C@@H](NC(=O)Cc1ccc2ccccc2c1)C(N)=O. The number of primary amides is 1. The summed E-state index contributed by atoms with van der Waals surface area (Å²) in [5, 5.41) is 4.54. The number of rotatable bonds is 8. The van der Waals surface area contributed by atoms with Gasteiger partial charge in [0, 0.05) is 5.92 Å². The fourth-order valence-electron chi connectivity index (χ4n) is 3.19. The number of benzene rings is 2. The van der Waals surface area contributed by atoms with E-state index in [1.807, 2.05) is 42.5 Å². The molecule has 0 aliphatic rings. The van der Waals surface area contributed by atoms with Crippen LogP contribution in [0.15, 0.2) is 42.5 Å². The monoisotopic (exact) mass is 400 g/mol. The minimum atomic E-state index is -1.40. The van der Waals surface area contributed by atoms with E-state index in [1.54, 1.807) is 0 Å². The molecular weight excluding hydrogens is 376 g/mol. The Bertz CT molecular complexity index is 910. The number of methoxy groups -OCH3 is 2. The summed E-state index contributed by atoms with van der Waals surface area (Å²) in [6.45, 7) is 1.45. The Hall–Kier alpha value is -3.42. The molecule has 0 radical (unpaired) electrons. The number of esters is 2. The molecule has 0 unspecified atom stereocenters. The lowest BCUT2D eigenvalue weighted by Crippen LogP contribution is -2.53. The van der Waals surface area contributed by atoms with Crippen molar-refractivity contribution in [2.75, 3.05) is 14.2 Å². The van der Waals surface area contributed by atoms with Crippen LogP contribution in [0.25, 0.3) is 10.8 Å². The summed E-state index contributed by atoms with van der Waals surface area (Å²) >= 11 is 0. The van der Waals surface area contributed by atoms with Crippen LogP contribution in [0.2, 0.25) is 0 Å². The third-order valence-electron chi connectivity index (χ3n) is 4.76. The third kappa shape index (κ3) is 5.31. The number of carbonyl (C=O) groups is 4. The maximum Gasteiger partial charge on any atom is 0.320 e. The molecule has 0 aliphatic carbocycles. The molecule has 29 heavy (non-hydrogen) atoms. The first kappa shape index (κ1) is 21.9. The molecule has 3 N–H and O–H groups in total. The molecule has 154 valence electrons. The van der Waals surface area contributed by atoms with E-state index in [9.17, 15) is 19.2 Å². The van der Waals surface area contributed by atoms with Crippen molar-refractivity contribution < 1.29 is 28.7 Å². The Balaban J connectivity index is 2.17. The first-order valence-electron chi connectivity index (χ1n) is 9.00. The average Bonchev–Trinajstić information content (AvgIpc) is 2.71. The van der Waals surface area contributed by atoms with E-state index in [0.29, 0.717) is 0 Å². The second-order valence-electron chi connectivity index (χ2n) is 6.69. The van der Waals surface area contributed by atoms with Gasteiger partial charge in [-0.1, -0.05) is 49.4 Å². The predicted molar refractivity (Wildman–Crippen MR) is 105 cm³/mol. The maximum absolute atomic E-state index is 12.5. The van der Waals surface area contributed by atoms with Crippen molar-refractivity contribution in [3.8, 4) is 0 Å². The summed E-state index contributed by atoms with van der Waals surface area (Å²) < 4.78 is 9.25. The van der Waals surface area contributed by atoms with Gasteiger partial charge in [0.2, 0.25) is 11.8 Å². The van der Waals surface area contributed by atoms with Gasteiger partial charge in [-0.2, -0.15) is 0 Å². The molecular formula is C21H24N2O6. The molecule has 8 heteroatoms. The zero-order valence-corrected chi connectivity index (χ0v) is 16.5. The summed E-state index contributed by atoms with van der Waals surface area (Å²) in [7, 11) is 2.23. The molecule has 0 aromatic heterocycles. The molecule has 0 heterocycles. The van der Waals surface area contributed by atoms with Crippen molar-refractivity contribution in [2.24, 2.45) is 17.6 Å². The van der Waals surface area contributed by atoms with Crippen molar-refractivity contribution in [1.82, 2.24) is 5.32 Å². The summed E-state index contributed by atoms with van der Waals surface area (Å²) in [6, 6.07) is 12.1. The van der Waals surface area contributed by atoms with Gasteiger partial charge in [0.25, 0.3) is 0 Å². The normalized spacial score (nSPS) is 12.8. The molecule has 0 bridgehead atoms. The van der Waals surface area contributed by atoms with Crippen LogP contribution < -0.4 is 11.1 Å². The van der Waals surface area contributed by atoms with E-state index in [4.69, 9.17) is 5.73 Å². The maximum atomic E-state index is 12.5. The summed E-state index contributed by atoms with van der Waals surface area (Å²) in [4.78, 5) is 48.4. The fourth-order valence-corrected chi connectivity index (χ4v) is 3.19.